The molecule has 1 aromatic carbocycles. The lowest BCUT2D eigenvalue weighted by Gasteiger charge is -2.31. The fraction of sp³-hybridized carbons (Fsp3) is 0.438. The summed E-state index contributed by atoms with van der Waals surface area (Å²) in [6, 6.07) is 9.50. The van der Waals surface area contributed by atoms with Crippen LogP contribution in [0.1, 0.15) is 38.5 Å². The largest absolute Gasteiger partial charge is 0.389 e. The molecular weight excluding hydrogens is 296 g/mol. The van der Waals surface area contributed by atoms with Crippen molar-refractivity contribution < 1.29 is 14.4 Å². The van der Waals surface area contributed by atoms with E-state index in [9.17, 15) is 9.90 Å². The molecule has 3 N–H and O–H groups in total. The van der Waals surface area contributed by atoms with Crippen LogP contribution >= 0.6 is 0 Å². The molecule has 0 radical (unpaired) electrons. The Morgan fingerprint density at radius 1 is 1.22 bits per heavy atom. The lowest BCUT2D eigenvalue weighted by atomic mass is 9.82. The van der Waals surface area contributed by atoms with E-state index in [0.717, 1.165) is 24.8 Å². The summed E-state index contributed by atoms with van der Waals surface area (Å²) in [6.07, 6.45) is 4.44. The Kier molecular flexibility index (Phi) is 4.57. The van der Waals surface area contributed by atoms with Gasteiger partial charge in [-0.15, -0.1) is 0 Å². The van der Waals surface area contributed by atoms with Crippen LogP contribution in [0.3, 0.4) is 0 Å². The van der Waals surface area contributed by atoms with Gasteiger partial charge in [0, 0.05) is 5.56 Å². The van der Waals surface area contributed by atoms with Gasteiger partial charge < -0.3 is 9.63 Å². The van der Waals surface area contributed by atoms with Crippen molar-refractivity contribution in [1.29, 1.82) is 0 Å². The third kappa shape index (κ3) is 4.07. The summed E-state index contributed by atoms with van der Waals surface area (Å²) >= 11 is 0. The molecule has 7 nitrogen and oxygen atoms in total. The van der Waals surface area contributed by atoms with Crippen molar-refractivity contribution >= 4 is 11.9 Å². The van der Waals surface area contributed by atoms with Gasteiger partial charge in [0.05, 0.1) is 12.0 Å². The molecule has 7 heteroatoms. The van der Waals surface area contributed by atoms with E-state index in [1.165, 1.54) is 0 Å². The zero-order valence-electron chi connectivity index (χ0n) is 12.8. The van der Waals surface area contributed by atoms with Crippen molar-refractivity contribution in [3.05, 3.63) is 30.3 Å². The molecule has 1 aliphatic carbocycles. The van der Waals surface area contributed by atoms with Crippen molar-refractivity contribution in [2.75, 3.05) is 5.43 Å². The third-order valence-corrected chi connectivity index (χ3v) is 4.04. The molecule has 3 rings (SSSR count). The first-order valence-electron chi connectivity index (χ1n) is 7.81. The van der Waals surface area contributed by atoms with Crippen LogP contribution in [0, 0.1) is 0 Å². The molecule has 2 aromatic rings. The predicted molar refractivity (Wildman–Crippen MR) is 84.2 cm³/mol. The summed E-state index contributed by atoms with van der Waals surface area (Å²) in [5.41, 5.74) is 5.01. The highest BCUT2D eigenvalue weighted by Crippen LogP contribution is 2.30. The average molecular weight is 316 g/mol. The van der Waals surface area contributed by atoms with Gasteiger partial charge in [0.15, 0.2) is 0 Å². The number of carbonyl (C=O) groups excluding carboxylic acids is 1. The number of rotatable bonds is 5. The first-order valence-corrected chi connectivity index (χ1v) is 7.81. The summed E-state index contributed by atoms with van der Waals surface area (Å²) in [7, 11) is 0. The van der Waals surface area contributed by atoms with Crippen molar-refractivity contribution in [3.63, 3.8) is 0 Å². The SMILES string of the molecule is O=C(CC1(O)CCCCC1)NNc1nc(-c2ccccc2)no1. The van der Waals surface area contributed by atoms with Gasteiger partial charge in [0.25, 0.3) is 0 Å². The number of hydrogen-bond acceptors (Lipinski definition) is 6. The highest BCUT2D eigenvalue weighted by molar-refractivity contribution is 5.78. The number of nitrogens with zero attached hydrogens (tertiary/aromatic N) is 2. The maximum atomic E-state index is 11.9. The van der Waals surface area contributed by atoms with E-state index in [2.05, 4.69) is 21.0 Å². The van der Waals surface area contributed by atoms with Crippen LogP contribution in [0.4, 0.5) is 6.01 Å². The van der Waals surface area contributed by atoms with E-state index in [-0.39, 0.29) is 18.3 Å². The zero-order chi connectivity index (χ0) is 16.1. The summed E-state index contributed by atoms with van der Waals surface area (Å²) in [4.78, 5) is 16.1. The molecule has 1 saturated carbocycles. The van der Waals surface area contributed by atoms with Gasteiger partial charge in [-0.2, -0.15) is 4.98 Å². The number of amides is 1. The minimum Gasteiger partial charge on any atom is -0.389 e. The number of benzene rings is 1. The van der Waals surface area contributed by atoms with Gasteiger partial charge in [-0.1, -0.05) is 54.8 Å². The Hall–Kier alpha value is -2.41. The third-order valence-electron chi connectivity index (χ3n) is 4.04. The van der Waals surface area contributed by atoms with Crippen molar-refractivity contribution in [2.45, 2.75) is 44.1 Å². The van der Waals surface area contributed by atoms with Crippen molar-refractivity contribution in [2.24, 2.45) is 0 Å². The monoisotopic (exact) mass is 316 g/mol. The molecule has 0 unspecified atom stereocenters. The van der Waals surface area contributed by atoms with Gasteiger partial charge in [0.2, 0.25) is 11.7 Å². The van der Waals surface area contributed by atoms with Crippen molar-refractivity contribution in [3.8, 4) is 11.4 Å². The second-order valence-corrected chi connectivity index (χ2v) is 5.92. The Bertz CT molecular complexity index is 650. The number of hydrogen-bond donors (Lipinski definition) is 3. The number of nitrogens with one attached hydrogen (secondary N) is 2. The maximum Gasteiger partial charge on any atom is 0.340 e. The quantitative estimate of drug-likeness (QED) is 0.732. The summed E-state index contributed by atoms with van der Waals surface area (Å²) in [6.45, 7) is 0. The van der Waals surface area contributed by atoms with Gasteiger partial charge in [-0.3, -0.25) is 10.2 Å². The smallest absolute Gasteiger partial charge is 0.340 e. The molecule has 1 aromatic heterocycles. The Labute approximate surface area is 134 Å². The summed E-state index contributed by atoms with van der Waals surface area (Å²) < 4.78 is 5.04. The summed E-state index contributed by atoms with van der Waals surface area (Å²) in [5.74, 6) is 0.141. The molecule has 122 valence electrons. The van der Waals surface area contributed by atoms with Crippen LogP contribution in [0.5, 0.6) is 0 Å². The molecule has 23 heavy (non-hydrogen) atoms. The van der Waals surface area contributed by atoms with E-state index in [4.69, 9.17) is 4.52 Å². The molecule has 1 amide bonds. The number of hydrazine groups is 1. The average Bonchev–Trinajstić information content (AvgIpc) is 3.03. The number of aliphatic hydroxyl groups is 1. The molecule has 1 fully saturated rings. The van der Waals surface area contributed by atoms with E-state index < -0.39 is 5.60 Å². The van der Waals surface area contributed by atoms with E-state index >= 15 is 0 Å². The zero-order valence-corrected chi connectivity index (χ0v) is 12.8. The van der Waals surface area contributed by atoms with Crippen molar-refractivity contribution in [1.82, 2.24) is 15.6 Å². The van der Waals surface area contributed by atoms with Crippen LogP contribution in [0.2, 0.25) is 0 Å². The fourth-order valence-electron chi connectivity index (χ4n) is 2.83. The van der Waals surface area contributed by atoms with Crippen LogP contribution in [0.15, 0.2) is 34.9 Å². The van der Waals surface area contributed by atoms with Crippen LogP contribution in [-0.2, 0) is 4.79 Å². The van der Waals surface area contributed by atoms with Gasteiger partial charge in [0.1, 0.15) is 0 Å². The van der Waals surface area contributed by atoms with Crippen LogP contribution < -0.4 is 10.9 Å². The number of aromatic nitrogens is 2. The maximum absolute atomic E-state index is 11.9. The van der Waals surface area contributed by atoms with E-state index in [0.29, 0.717) is 18.7 Å². The topological polar surface area (TPSA) is 100 Å². The highest BCUT2D eigenvalue weighted by atomic mass is 16.5. The Morgan fingerprint density at radius 2 is 1.96 bits per heavy atom. The molecule has 0 atom stereocenters. The molecule has 0 bridgehead atoms. The lowest BCUT2D eigenvalue weighted by molar-refractivity contribution is -0.127. The van der Waals surface area contributed by atoms with Crippen LogP contribution in [-0.4, -0.2) is 26.8 Å². The molecule has 0 saturated heterocycles. The van der Waals surface area contributed by atoms with E-state index in [1.807, 2.05) is 30.3 Å². The Balaban J connectivity index is 1.52. The molecular formula is C16H20N4O3. The number of anilines is 1. The fourth-order valence-corrected chi connectivity index (χ4v) is 2.83. The van der Waals surface area contributed by atoms with Crippen LogP contribution in [0.25, 0.3) is 11.4 Å². The second kappa shape index (κ2) is 6.78. The van der Waals surface area contributed by atoms with Gasteiger partial charge in [-0.25, -0.2) is 5.43 Å². The first kappa shape index (κ1) is 15.5. The van der Waals surface area contributed by atoms with Gasteiger partial charge in [-0.05, 0) is 12.8 Å². The summed E-state index contributed by atoms with van der Waals surface area (Å²) in [5, 5.41) is 14.2. The first-order chi connectivity index (χ1) is 11.1. The van der Waals surface area contributed by atoms with Gasteiger partial charge >= 0.3 is 6.01 Å². The molecule has 0 aliphatic heterocycles. The Morgan fingerprint density at radius 3 is 2.70 bits per heavy atom. The highest BCUT2D eigenvalue weighted by Gasteiger charge is 2.31. The molecule has 1 heterocycles. The minimum absolute atomic E-state index is 0.0691. The minimum atomic E-state index is -0.895. The van der Waals surface area contributed by atoms with E-state index in [1.54, 1.807) is 0 Å². The standard InChI is InChI=1S/C16H20N4O3/c21-13(11-16(22)9-5-2-6-10-16)18-19-15-17-14(20-23-15)12-7-3-1-4-8-12/h1,3-4,7-8,22H,2,5-6,9-11H2,(H,18,21)(H,17,19,20). The lowest BCUT2D eigenvalue weighted by Crippen LogP contribution is -2.40. The number of carbonyl (C=O) groups is 1. The predicted octanol–water partition coefficient (Wildman–Crippen LogP) is 2.27. The molecule has 0 spiro atoms. The molecule has 1 aliphatic rings. The second-order valence-electron chi connectivity index (χ2n) is 5.92. The normalized spacial score (nSPS) is 16.7.